The van der Waals surface area contributed by atoms with Gasteiger partial charge in [0.25, 0.3) is 0 Å². The summed E-state index contributed by atoms with van der Waals surface area (Å²) >= 11 is 0. The van der Waals surface area contributed by atoms with Crippen molar-refractivity contribution in [1.82, 2.24) is 15.5 Å². The van der Waals surface area contributed by atoms with E-state index in [1.807, 2.05) is 17.9 Å². The predicted octanol–water partition coefficient (Wildman–Crippen LogP) is 1.77. The number of piperidine rings is 1. The van der Waals surface area contributed by atoms with Crippen LogP contribution in [0.1, 0.15) is 30.9 Å². The number of rotatable bonds is 9. The van der Waals surface area contributed by atoms with E-state index in [9.17, 15) is 18.0 Å². The molecule has 4 N–H and O–H groups in total. The molecule has 0 saturated carbocycles. The maximum absolute atomic E-state index is 12.2. The van der Waals surface area contributed by atoms with Gasteiger partial charge in [0.1, 0.15) is 6.61 Å². The second-order valence-corrected chi connectivity index (χ2v) is 7.28. The van der Waals surface area contributed by atoms with Gasteiger partial charge in [0, 0.05) is 25.7 Å². The Bertz CT molecular complexity index is 704. The highest BCUT2D eigenvalue weighted by atomic mass is 19.4. The number of benzene rings is 1. The van der Waals surface area contributed by atoms with E-state index in [4.69, 9.17) is 10.5 Å². The minimum absolute atomic E-state index is 0.0980. The molecule has 1 heterocycles. The standard InChI is InChI=1S/C20H30F3N5O2/c1-2-25-19(27-17-6-8-28(9-7-17)12-18(24)29)26-11-15-4-3-5-16(10-15)13-30-14-20(21,22)23/h3-5,10,17H,2,6-9,11-14H2,1H3,(H2,24,29)(H2,25,26,27). The van der Waals surface area contributed by atoms with Crippen molar-refractivity contribution in [3.05, 3.63) is 35.4 Å². The Kier molecular flexibility index (Phi) is 9.38. The van der Waals surface area contributed by atoms with Gasteiger partial charge in [-0.2, -0.15) is 13.2 Å². The van der Waals surface area contributed by atoms with Crippen LogP contribution in [0.5, 0.6) is 0 Å². The minimum atomic E-state index is -4.33. The molecular formula is C20H30F3N5O2. The van der Waals surface area contributed by atoms with Gasteiger partial charge in [-0.15, -0.1) is 0 Å². The van der Waals surface area contributed by atoms with Crippen molar-refractivity contribution in [2.75, 3.05) is 32.8 Å². The third-order valence-corrected chi connectivity index (χ3v) is 4.60. The van der Waals surface area contributed by atoms with E-state index in [-0.39, 0.29) is 25.1 Å². The molecule has 1 aromatic carbocycles. The Morgan fingerprint density at radius 1 is 1.30 bits per heavy atom. The number of alkyl halides is 3. The van der Waals surface area contributed by atoms with Gasteiger partial charge in [-0.05, 0) is 30.9 Å². The first kappa shape index (κ1) is 23.9. The van der Waals surface area contributed by atoms with Crippen LogP contribution < -0.4 is 16.4 Å². The Morgan fingerprint density at radius 3 is 2.63 bits per heavy atom. The van der Waals surface area contributed by atoms with Gasteiger partial charge in [0.05, 0.1) is 19.7 Å². The zero-order valence-electron chi connectivity index (χ0n) is 17.2. The number of hydrogen-bond donors (Lipinski definition) is 3. The van der Waals surface area contributed by atoms with Gasteiger partial charge in [-0.25, -0.2) is 4.99 Å². The lowest BCUT2D eigenvalue weighted by molar-refractivity contribution is -0.176. The molecule has 168 valence electrons. The van der Waals surface area contributed by atoms with E-state index in [2.05, 4.69) is 15.6 Å². The monoisotopic (exact) mass is 429 g/mol. The second kappa shape index (κ2) is 11.8. The number of likely N-dealkylation sites (tertiary alicyclic amines) is 1. The Balaban J connectivity index is 1.87. The van der Waals surface area contributed by atoms with Crippen LogP contribution in [0.4, 0.5) is 13.2 Å². The lowest BCUT2D eigenvalue weighted by Crippen LogP contribution is -2.49. The lowest BCUT2D eigenvalue weighted by Gasteiger charge is -2.32. The van der Waals surface area contributed by atoms with E-state index in [0.29, 0.717) is 24.6 Å². The van der Waals surface area contributed by atoms with E-state index < -0.39 is 12.8 Å². The highest BCUT2D eigenvalue weighted by Gasteiger charge is 2.27. The Hall–Kier alpha value is -2.33. The Morgan fingerprint density at radius 2 is 2.00 bits per heavy atom. The maximum Gasteiger partial charge on any atom is 0.411 e. The van der Waals surface area contributed by atoms with Crippen LogP contribution in [0.25, 0.3) is 0 Å². The number of nitrogens with zero attached hydrogens (tertiary/aromatic N) is 2. The number of nitrogens with one attached hydrogen (secondary N) is 2. The summed E-state index contributed by atoms with van der Waals surface area (Å²) in [6, 6.07) is 7.43. The number of carbonyl (C=O) groups excluding carboxylic acids is 1. The third-order valence-electron chi connectivity index (χ3n) is 4.60. The topological polar surface area (TPSA) is 92.0 Å². The number of halogens is 3. The summed E-state index contributed by atoms with van der Waals surface area (Å²) in [4.78, 5) is 17.7. The summed E-state index contributed by atoms with van der Waals surface area (Å²) < 4.78 is 41.3. The van der Waals surface area contributed by atoms with Crippen molar-refractivity contribution < 1.29 is 22.7 Å². The fraction of sp³-hybridized carbons (Fsp3) is 0.600. The first-order valence-electron chi connectivity index (χ1n) is 10.0. The highest BCUT2D eigenvalue weighted by Crippen LogP contribution is 2.16. The SMILES string of the molecule is CCNC(=NCc1cccc(COCC(F)(F)F)c1)NC1CCN(CC(N)=O)CC1. The molecule has 1 aliphatic rings. The number of primary amides is 1. The molecule has 0 aliphatic carbocycles. The van der Waals surface area contributed by atoms with E-state index in [1.54, 1.807) is 18.2 Å². The normalized spacial score (nSPS) is 16.5. The van der Waals surface area contributed by atoms with Crippen molar-refractivity contribution in [2.45, 2.75) is 45.1 Å². The third kappa shape index (κ3) is 9.45. The van der Waals surface area contributed by atoms with Gasteiger partial charge in [-0.3, -0.25) is 9.69 Å². The molecule has 1 aliphatic heterocycles. The van der Waals surface area contributed by atoms with Gasteiger partial charge in [0.15, 0.2) is 5.96 Å². The molecule has 30 heavy (non-hydrogen) atoms. The average Bonchev–Trinajstić information content (AvgIpc) is 2.67. The molecule has 1 amide bonds. The lowest BCUT2D eigenvalue weighted by atomic mass is 10.1. The zero-order chi connectivity index (χ0) is 22.0. The summed E-state index contributed by atoms with van der Waals surface area (Å²) in [7, 11) is 0. The number of aliphatic imine (C=N–C) groups is 1. The van der Waals surface area contributed by atoms with Crippen molar-refractivity contribution in [2.24, 2.45) is 10.7 Å². The molecule has 2 rings (SSSR count). The van der Waals surface area contributed by atoms with Crippen molar-refractivity contribution >= 4 is 11.9 Å². The number of nitrogens with two attached hydrogens (primary N) is 1. The maximum atomic E-state index is 12.2. The van der Waals surface area contributed by atoms with Gasteiger partial charge >= 0.3 is 6.18 Å². The molecule has 1 aromatic rings. The number of ether oxygens (including phenoxy) is 1. The van der Waals surface area contributed by atoms with Crippen LogP contribution in [-0.4, -0.2) is 61.8 Å². The number of guanidine groups is 1. The van der Waals surface area contributed by atoms with E-state index in [0.717, 1.165) is 31.5 Å². The van der Waals surface area contributed by atoms with Crippen molar-refractivity contribution in [3.8, 4) is 0 Å². The average molecular weight is 429 g/mol. The fourth-order valence-electron chi connectivity index (χ4n) is 3.24. The fourth-order valence-corrected chi connectivity index (χ4v) is 3.24. The summed E-state index contributed by atoms with van der Waals surface area (Å²) in [5.41, 5.74) is 6.81. The van der Waals surface area contributed by atoms with Gasteiger partial charge in [-0.1, -0.05) is 24.3 Å². The summed E-state index contributed by atoms with van der Waals surface area (Å²) in [6.45, 7) is 3.58. The number of amides is 1. The minimum Gasteiger partial charge on any atom is -0.369 e. The largest absolute Gasteiger partial charge is 0.411 e. The molecule has 1 saturated heterocycles. The molecule has 0 spiro atoms. The highest BCUT2D eigenvalue weighted by molar-refractivity contribution is 5.80. The van der Waals surface area contributed by atoms with Crippen LogP contribution in [0.3, 0.4) is 0 Å². The summed E-state index contributed by atoms with van der Waals surface area (Å²) in [5, 5.41) is 6.62. The van der Waals surface area contributed by atoms with Crippen LogP contribution in [-0.2, 0) is 22.7 Å². The van der Waals surface area contributed by atoms with Crippen LogP contribution in [0, 0.1) is 0 Å². The first-order chi connectivity index (χ1) is 14.2. The molecule has 10 heteroatoms. The summed E-state index contributed by atoms with van der Waals surface area (Å²) in [6.07, 6.45) is -2.57. The molecule has 0 unspecified atom stereocenters. The smallest absolute Gasteiger partial charge is 0.369 e. The van der Waals surface area contributed by atoms with Crippen LogP contribution in [0.15, 0.2) is 29.3 Å². The van der Waals surface area contributed by atoms with E-state index in [1.165, 1.54) is 0 Å². The van der Waals surface area contributed by atoms with Gasteiger partial charge < -0.3 is 21.1 Å². The number of carbonyl (C=O) groups is 1. The molecular weight excluding hydrogens is 399 g/mol. The molecule has 0 atom stereocenters. The molecule has 1 fully saturated rings. The van der Waals surface area contributed by atoms with Crippen molar-refractivity contribution in [3.63, 3.8) is 0 Å². The number of hydrogen-bond acceptors (Lipinski definition) is 4. The molecule has 0 aromatic heterocycles. The van der Waals surface area contributed by atoms with Crippen LogP contribution >= 0.6 is 0 Å². The zero-order valence-corrected chi connectivity index (χ0v) is 17.2. The quantitative estimate of drug-likeness (QED) is 0.411. The van der Waals surface area contributed by atoms with Crippen molar-refractivity contribution in [1.29, 1.82) is 0 Å². The van der Waals surface area contributed by atoms with Crippen LogP contribution in [0.2, 0.25) is 0 Å². The molecule has 0 bridgehead atoms. The second-order valence-electron chi connectivity index (χ2n) is 7.28. The predicted molar refractivity (Wildman–Crippen MR) is 109 cm³/mol. The summed E-state index contributed by atoms with van der Waals surface area (Å²) in [5.74, 6) is 0.368. The molecule has 0 radical (unpaired) electrons. The Labute approximate surface area is 174 Å². The molecule has 7 nitrogen and oxygen atoms in total. The van der Waals surface area contributed by atoms with Gasteiger partial charge in [0.2, 0.25) is 5.91 Å². The first-order valence-corrected chi connectivity index (χ1v) is 10.0. The van der Waals surface area contributed by atoms with E-state index >= 15 is 0 Å².